The molecule has 0 unspecified atom stereocenters. The Morgan fingerprint density at radius 3 is 1.75 bits per heavy atom. The van der Waals surface area contributed by atoms with E-state index in [1.165, 1.54) is 16.3 Å². The Balaban J connectivity index is 1.06. The molecule has 11 rings (SSSR count). The van der Waals surface area contributed by atoms with Gasteiger partial charge in [-0.25, -0.2) is 15.0 Å². The fourth-order valence-electron chi connectivity index (χ4n) is 7.54. The van der Waals surface area contributed by atoms with E-state index in [0.717, 1.165) is 72.8 Å². The van der Waals surface area contributed by atoms with Crippen LogP contribution in [0, 0.1) is 0 Å². The average molecular weight is 658 g/mol. The van der Waals surface area contributed by atoms with Gasteiger partial charge in [0.05, 0.1) is 27.9 Å². The molecule has 0 bridgehead atoms. The summed E-state index contributed by atoms with van der Waals surface area (Å²) in [6, 6.07) is 50.4. The molecule has 5 aromatic heterocycles. The minimum Gasteiger partial charge on any atom is -0.453 e. The predicted molar refractivity (Wildman–Crippen MR) is 206 cm³/mol. The van der Waals surface area contributed by atoms with Crippen LogP contribution in [0.3, 0.4) is 0 Å². The number of aliphatic imine (C=N–C) groups is 1. The second-order valence-corrected chi connectivity index (χ2v) is 12.7. The Kier molecular flexibility index (Phi) is 5.79. The van der Waals surface area contributed by atoms with Gasteiger partial charge in [0.2, 0.25) is 0 Å². The van der Waals surface area contributed by atoms with Crippen molar-refractivity contribution in [3.63, 3.8) is 0 Å². The molecular weight excluding hydrogens is 631 g/mol. The summed E-state index contributed by atoms with van der Waals surface area (Å²) in [6.07, 6.45) is 1.67. The van der Waals surface area contributed by atoms with Gasteiger partial charge in [-0.1, -0.05) is 72.8 Å². The molecule has 0 amide bonds. The molecule has 0 spiro atoms. The van der Waals surface area contributed by atoms with E-state index >= 15 is 0 Å². The van der Waals surface area contributed by atoms with Crippen LogP contribution in [0.5, 0.6) is 0 Å². The maximum absolute atomic E-state index is 6.26. The quantitative estimate of drug-likeness (QED) is 0.197. The molecular formula is C43H27N7O. The van der Waals surface area contributed by atoms with E-state index in [4.69, 9.17) is 14.4 Å². The van der Waals surface area contributed by atoms with Crippen LogP contribution in [0.1, 0.15) is 0 Å². The lowest BCUT2D eigenvalue weighted by atomic mass is 10.1. The lowest BCUT2D eigenvalue weighted by molar-refractivity contribution is 0.667. The van der Waals surface area contributed by atoms with Crippen molar-refractivity contribution in [2.75, 3.05) is 5.43 Å². The van der Waals surface area contributed by atoms with E-state index < -0.39 is 0 Å². The number of nitrogens with zero attached hydrogens (tertiary/aromatic N) is 5. The Morgan fingerprint density at radius 2 is 1.06 bits per heavy atom. The number of furan rings is 1. The van der Waals surface area contributed by atoms with Gasteiger partial charge in [-0.3, -0.25) is 15.4 Å². The lowest BCUT2D eigenvalue weighted by Crippen LogP contribution is -2.23. The summed E-state index contributed by atoms with van der Waals surface area (Å²) in [5.41, 5.74) is 19.3. The van der Waals surface area contributed by atoms with Gasteiger partial charge in [0.15, 0.2) is 17.0 Å². The molecule has 0 fully saturated rings. The number of aromatic nitrogens is 4. The summed E-state index contributed by atoms with van der Waals surface area (Å²) in [7, 11) is 0. The zero-order valence-corrected chi connectivity index (χ0v) is 27.1. The van der Waals surface area contributed by atoms with E-state index in [-0.39, 0.29) is 0 Å². The number of fused-ring (bicyclic) bond motifs is 9. The molecule has 51 heavy (non-hydrogen) atoms. The standard InChI is InChI=1S/C43H27N7O/c1-3-9-28(10-4-1)49-35-14-8-7-13-30(35)31-17-15-26(23-36(31)49)33-19-21-38-41(46-33)42-39(51-38)22-20-34(47-42)27-16-18-32-37(24-27)50(29-11-5-2-6-12-29)43-40(32)44-25-45-48-43/h1-25,48H,(H,44,45). The second-order valence-electron chi connectivity index (χ2n) is 12.7. The molecule has 1 aliphatic heterocycles. The number of rotatable bonds is 4. The molecule has 8 nitrogen and oxygen atoms in total. The van der Waals surface area contributed by atoms with E-state index in [1.807, 2.05) is 42.5 Å². The highest BCUT2D eigenvalue weighted by Gasteiger charge is 2.21. The maximum Gasteiger partial charge on any atom is 0.157 e. The number of hydrogen-bond donors (Lipinski definition) is 2. The summed E-state index contributed by atoms with van der Waals surface area (Å²) in [5, 5.41) is 3.47. The van der Waals surface area contributed by atoms with Crippen molar-refractivity contribution in [1.82, 2.24) is 24.5 Å². The number of benzene rings is 5. The van der Waals surface area contributed by atoms with E-state index in [9.17, 15) is 0 Å². The van der Waals surface area contributed by atoms with Gasteiger partial charge in [0.25, 0.3) is 0 Å². The normalized spacial score (nSPS) is 12.5. The van der Waals surface area contributed by atoms with Crippen LogP contribution < -0.4 is 10.9 Å². The molecule has 5 aromatic carbocycles. The molecule has 2 N–H and O–H groups in total. The van der Waals surface area contributed by atoms with E-state index in [0.29, 0.717) is 11.2 Å². The van der Waals surface area contributed by atoms with Crippen LogP contribution in [0.4, 0.5) is 11.5 Å². The van der Waals surface area contributed by atoms with Crippen molar-refractivity contribution in [3.8, 4) is 33.9 Å². The monoisotopic (exact) mass is 657 g/mol. The second kappa shape index (κ2) is 10.7. The van der Waals surface area contributed by atoms with Crippen molar-refractivity contribution in [2.24, 2.45) is 4.99 Å². The summed E-state index contributed by atoms with van der Waals surface area (Å²) in [4.78, 5) is 15.0. The van der Waals surface area contributed by atoms with Gasteiger partial charge in [-0.15, -0.1) is 0 Å². The molecule has 240 valence electrons. The van der Waals surface area contributed by atoms with E-state index in [1.54, 1.807) is 6.34 Å². The third-order valence-corrected chi connectivity index (χ3v) is 9.85. The Morgan fingerprint density at radius 1 is 0.490 bits per heavy atom. The Hall–Kier alpha value is -7.19. The first-order valence-electron chi connectivity index (χ1n) is 16.9. The zero-order valence-electron chi connectivity index (χ0n) is 27.1. The smallest absolute Gasteiger partial charge is 0.157 e. The van der Waals surface area contributed by atoms with Crippen molar-refractivity contribution >= 4 is 72.8 Å². The summed E-state index contributed by atoms with van der Waals surface area (Å²) in [5.74, 6) is 0.888. The molecule has 10 aromatic rings. The third-order valence-electron chi connectivity index (χ3n) is 9.85. The van der Waals surface area contributed by atoms with Crippen LogP contribution in [0.2, 0.25) is 0 Å². The highest BCUT2D eigenvalue weighted by Crippen LogP contribution is 2.42. The summed E-state index contributed by atoms with van der Waals surface area (Å²) in [6.45, 7) is 0. The van der Waals surface area contributed by atoms with Gasteiger partial charge >= 0.3 is 0 Å². The highest BCUT2D eigenvalue weighted by atomic mass is 16.3. The summed E-state index contributed by atoms with van der Waals surface area (Å²) < 4.78 is 10.8. The number of para-hydroxylation sites is 3. The minimum absolute atomic E-state index is 0.701. The third kappa shape index (κ3) is 4.17. The first-order chi connectivity index (χ1) is 25.3. The first kappa shape index (κ1) is 27.7. The molecule has 1 aliphatic rings. The number of anilines is 1. The van der Waals surface area contributed by atoms with Crippen LogP contribution in [-0.4, -0.2) is 25.4 Å². The number of nitrogens with one attached hydrogen (secondary N) is 2. The van der Waals surface area contributed by atoms with Crippen molar-refractivity contribution in [3.05, 3.63) is 146 Å². The highest BCUT2D eigenvalue weighted by molar-refractivity contribution is 6.10. The van der Waals surface area contributed by atoms with Crippen molar-refractivity contribution in [1.29, 1.82) is 0 Å². The maximum atomic E-state index is 6.26. The number of hydrogen-bond acceptors (Lipinski definition) is 6. The van der Waals surface area contributed by atoms with Crippen LogP contribution >= 0.6 is 0 Å². The largest absolute Gasteiger partial charge is 0.453 e. The van der Waals surface area contributed by atoms with Gasteiger partial charge in [0, 0.05) is 38.7 Å². The predicted octanol–water partition coefficient (Wildman–Crippen LogP) is 10.3. The van der Waals surface area contributed by atoms with Crippen molar-refractivity contribution < 1.29 is 4.42 Å². The fraction of sp³-hybridized carbons (Fsp3) is 0. The average Bonchev–Trinajstić information content (AvgIpc) is 3.85. The molecule has 0 saturated carbocycles. The van der Waals surface area contributed by atoms with Crippen LogP contribution in [-0.2, 0) is 0 Å². The SMILES string of the molecule is C1=Nc2c(n(-c3ccccc3)c3cc(-c4ccc5oc6ccc(-c7ccc8c9ccccc9n(-c9ccccc9)c8c7)nc6c5n4)ccc23)NN1. The van der Waals surface area contributed by atoms with Gasteiger partial charge in [0.1, 0.15) is 23.1 Å². The fourth-order valence-corrected chi connectivity index (χ4v) is 7.54. The molecule has 0 radical (unpaired) electrons. The summed E-state index contributed by atoms with van der Waals surface area (Å²) >= 11 is 0. The molecule has 0 aliphatic carbocycles. The Bertz CT molecular complexity index is 3030. The molecule has 8 heteroatoms. The van der Waals surface area contributed by atoms with E-state index in [2.05, 4.69) is 128 Å². The van der Waals surface area contributed by atoms with Gasteiger partial charge in [-0.05, 0) is 72.8 Å². The first-order valence-corrected chi connectivity index (χ1v) is 16.9. The van der Waals surface area contributed by atoms with Crippen LogP contribution in [0.15, 0.2) is 155 Å². The topological polar surface area (TPSA) is 85.2 Å². The zero-order chi connectivity index (χ0) is 33.5. The lowest BCUT2D eigenvalue weighted by Gasteiger charge is -2.15. The number of pyridine rings is 2. The van der Waals surface area contributed by atoms with Crippen molar-refractivity contribution in [2.45, 2.75) is 0 Å². The molecule has 0 saturated heterocycles. The van der Waals surface area contributed by atoms with Crippen LogP contribution in [0.25, 0.3) is 88.8 Å². The number of hydrazine groups is 1. The van der Waals surface area contributed by atoms with Gasteiger partial charge in [-0.2, -0.15) is 0 Å². The molecule has 6 heterocycles. The van der Waals surface area contributed by atoms with Gasteiger partial charge < -0.3 is 8.98 Å². The molecule has 0 atom stereocenters. The minimum atomic E-state index is 0.701. The Labute approximate surface area is 290 Å².